The molecular formula is C14H20N2O2. The zero-order valence-corrected chi connectivity index (χ0v) is 10.7. The van der Waals surface area contributed by atoms with E-state index in [9.17, 15) is 4.79 Å². The summed E-state index contributed by atoms with van der Waals surface area (Å²) in [6.45, 7) is 4.39. The number of hydrogen-bond acceptors (Lipinski definition) is 3. The van der Waals surface area contributed by atoms with E-state index in [0.717, 1.165) is 13.1 Å². The SMILES string of the molecule is Cc1ccc(CN2CCNC(=O)[C@H]2CCO)cc1. The number of aryl methyl sites for hydroxylation is 1. The number of carbonyl (C=O) groups is 1. The van der Waals surface area contributed by atoms with E-state index in [0.29, 0.717) is 13.0 Å². The van der Waals surface area contributed by atoms with Gasteiger partial charge < -0.3 is 10.4 Å². The van der Waals surface area contributed by atoms with Crippen LogP contribution in [0.3, 0.4) is 0 Å². The van der Waals surface area contributed by atoms with Crippen molar-refractivity contribution in [2.45, 2.75) is 25.9 Å². The maximum Gasteiger partial charge on any atom is 0.237 e. The third-order valence-corrected chi connectivity index (χ3v) is 3.35. The molecule has 0 radical (unpaired) electrons. The van der Waals surface area contributed by atoms with Crippen molar-refractivity contribution in [1.29, 1.82) is 0 Å². The monoisotopic (exact) mass is 248 g/mol. The van der Waals surface area contributed by atoms with E-state index in [1.54, 1.807) is 0 Å². The minimum absolute atomic E-state index is 0.0300. The smallest absolute Gasteiger partial charge is 0.237 e. The van der Waals surface area contributed by atoms with Crippen molar-refractivity contribution in [3.8, 4) is 0 Å². The summed E-state index contributed by atoms with van der Waals surface area (Å²) >= 11 is 0. The number of benzene rings is 1. The third-order valence-electron chi connectivity index (χ3n) is 3.35. The molecule has 0 saturated carbocycles. The summed E-state index contributed by atoms with van der Waals surface area (Å²) in [5, 5.41) is 11.9. The lowest BCUT2D eigenvalue weighted by molar-refractivity contribution is -0.129. The van der Waals surface area contributed by atoms with Crippen LogP contribution in [0.4, 0.5) is 0 Å². The van der Waals surface area contributed by atoms with Crippen LogP contribution < -0.4 is 5.32 Å². The Morgan fingerprint density at radius 2 is 2.11 bits per heavy atom. The van der Waals surface area contributed by atoms with E-state index in [1.165, 1.54) is 11.1 Å². The number of carbonyl (C=O) groups excluding carboxylic acids is 1. The molecule has 0 bridgehead atoms. The molecule has 1 fully saturated rings. The summed E-state index contributed by atoms with van der Waals surface area (Å²) in [6.07, 6.45) is 0.498. The number of hydrogen-bond donors (Lipinski definition) is 2. The van der Waals surface area contributed by atoms with Crippen molar-refractivity contribution in [3.63, 3.8) is 0 Å². The standard InChI is InChI=1S/C14H20N2O2/c1-11-2-4-12(5-3-11)10-16-8-7-15-14(18)13(16)6-9-17/h2-5,13,17H,6-10H2,1H3,(H,15,18)/t13-/m1/s1. The molecule has 0 aromatic heterocycles. The van der Waals surface area contributed by atoms with Crippen LogP contribution >= 0.6 is 0 Å². The van der Waals surface area contributed by atoms with Gasteiger partial charge >= 0.3 is 0 Å². The fraction of sp³-hybridized carbons (Fsp3) is 0.500. The second kappa shape index (κ2) is 5.98. The molecule has 1 heterocycles. The fourth-order valence-electron chi connectivity index (χ4n) is 2.32. The zero-order valence-electron chi connectivity index (χ0n) is 10.7. The molecule has 1 aliphatic rings. The highest BCUT2D eigenvalue weighted by Gasteiger charge is 2.28. The molecule has 1 aliphatic heterocycles. The van der Waals surface area contributed by atoms with Crippen molar-refractivity contribution >= 4 is 5.91 Å². The van der Waals surface area contributed by atoms with Gasteiger partial charge in [-0.1, -0.05) is 29.8 Å². The first-order valence-corrected chi connectivity index (χ1v) is 6.39. The molecule has 0 aliphatic carbocycles. The number of aliphatic hydroxyl groups excluding tert-OH is 1. The number of nitrogens with zero attached hydrogens (tertiary/aromatic N) is 1. The quantitative estimate of drug-likeness (QED) is 0.824. The number of amides is 1. The highest BCUT2D eigenvalue weighted by atomic mass is 16.3. The van der Waals surface area contributed by atoms with Gasteiger partial charge in [0.15, 0.2) is 0 Å². The molecule has 1 atom stereocenters. The summed E-state index contributed by atoms with van der Waals surface area (Å²) in [6, 6.07) is 8.15. The predicted octanol–water partition coefficient (Wildman–Crippen LogP) is 0.678. The molecule has 98 valence electrons. The molecule has 1 amide bonds. The maximum absolute atomic E-state index is 11.8. The molecular weight excluding hydrogens is 228 g/mol. The molecule has 4 nitrogen and oxygen atoms in total. The predicted molar refractivity (Wildman–Crippen MR) is 70.1 cm³/mol. The Kier molecular flexibility index (Phi) is 4.33. The van der Waals surface area contributed by atoms with Crippen molar-refractivity contribution in [2.75, 3.05) is 19.7 Å². The summed E-state index contributed by atoms with van der Waals surface area (Å²) in [4.78, 5) is 13.9. The zero-order chi connectivity index (χ0) is 13.0. The molecule has 2 rings (SSSR count). The lowest BCUT2D eigenvalue weighted by Gasteiger charge is -2.34. The minimum Gasteiger partial charge on any atom is -0.396 e. The highest BCUT2D eigenvalue weighted by Crippen LogP contribution is 2.14. The van der Waals surface area contributed by atoms with Gasteiger partial charge in [0.05, 0.1) is 6.04 Å². The van der Waals surface area contributed by atoms with E-state index in [1.807, 2.05) is 0 Å². The minimum atomic E-state index is -0.204. The van der Waals surface area contributed by atoms with Crippen LogP contribution in [0.25, 0.3) is 0 Å². The Bertz CT molecular complexity index is 403. The van der Waals surface area contributed by atoms with E-state index >= 15 is 0 Å². The van der Waals surface area contributed by atoms with Crippen molar-refractivity contribution in [2.24, 2.45) is 0 Å². The lowest BCUT2D eigenvalue weighted by atomic mass is 10.1. The van der Waals surface area contributed by atoms with Crippen LogP contribution in [0.5, 0.6) is 0 Å². The number of aliphatic hydroxyl groups is 1. The van der Waals surface area contributed by atoms with Gasteiger partial charge in [0.25, 0.3) is 0 Å². The Morgan fingerprint density at radius 3 is 2.78 bits per heavy atom. The Labute approximate surface area is 108 Å². The number of nitrogens with one attached hydrogen (secondary N) is 1. The van der Waals surface area contributed by atoms with Crippen LogP contribution in [0.2, 0.25) is 0 Å². The molecule has 1 aromatic carbocycles. The first-order chi connectivity index (χ1) is 8.70. The van der Waals surface area contributed by atoms with Gasteiger partial charge in [-0.15, -0.1) is 0 Å². The number of piperazine rings is 1. The summed E-state index contributed by atoms with van der Waals surface area (Å²) < 4.78 is 0. The van der Waals surface area contributed by atoms with Crippen molar-refractivity contribution < 1.29 is 9.90 Å². The van der Waals surface area contributed by atoms with Gasteiger partial charge in [-0.25, -0.2) is 0 Å². The van der Waals surface area contributed by atoms with Crippen molar-refractivity contribution in [3.05, 3.63) is 35.4 Å². The van der Waals surface area contributed by atoms with Crippen LogP contribution in [0.1, 0.15) is 17.5 Å². The first-order valence-electron chi connectivity index (χ1n) is 6.39. The maximum atomic E-state index is 11.8. The van der Waals surface area contributed by atoms with Crippen LogP contribution in [0.15, 0.2) is 24.3 Å². The summed E-state index contributed by atoms with van der Waals surface area (Å²) in [7, 11) is 0. The van der Waals surface area contributed by atoms with Crippen LogP contribution in [-0.2, 0) is 11.3 Å². The van der Waals surface area contributed by atoms with Gasteiger partial charge in [-0.3, -0.25) is 9.69 Å². The molecule has 0 spiro atoms. The van der Waals surface area contributed by atoms with E-state index in [-0.39, 0.29) is 18.6 Å². The molecule has 18 heavy (non-hydrogen) atoms. The summed E-state index contributed by atoms with van der Waals surface area (Å²) in [5.74, 6) is 0.0300. The van der Waals surface area contributed by atoms with Crippen LogP contribution in [0, 0.1) is 6.92 Å². The molecule has 0 unspecified atom stereocenters. The molecule has 4 heteroatoms. The Morgan fingerprint density at radius 1 is 1.39 bits per heavy atom. The topological polar surface area (TPSA) is 52.6 Å². The Balaban J connectivity index is 2.05. The first kappa shape index (κ1) is 13.1. The van der Waals surface area contributed by atoms with Gasteiger partial charge in [0.1, 0.15) is 0 Å². The molecule has 1 aromatic rings. The Hall–Kier alpha value is -1.39. The molecule has 1 saturated heterocycles. The van der Waals surface area contributed by atoms with Crippen LogP contribution in [-0.4, -0.2) is 41.7 Å². The number of rotatable bonds is 4. The highest BCUT2D eigenvalue weighted by molar-refractivity contribution is 5.82. The third kappa shape index (κ3) is 3.09. The van der Waals surface area contributed by atoms with Crippen molar-refractivity contribution in [1.82, 2.24) is 10.2 Å². The summed E-state index contributed by atoms with van der Waals surface area (Å²) in [5.41, 5.74) is 2.44. The molecule has 2 N–H and O–H groups in total. The van der Waals surface area contributed by atoms with E-state index < -0.39 is 0 Å². The second-order valence-corrected chi connectivity index (χ2v) is 4.78. The second-order valence-electron chi connectivity index (χ2n) is 4.78. The van der Waals surface area contributed by atoms with Gasteiger partial charge in [0, 0.05) is 26.2 Å². The van der Waals surface area contributed by atoms with E-state index in [4.69, 9.17) is 5.11 Å². The lowest BCUT2D eigenvalue weighted by Crippen LogP contribution is -2.55. The average Bonchev–Trinajstić information content (AvgIpc) is 2.36. The average molecular weight is 248 g/mol. The largest absolute Gasteiger partial charge is 0.396 e. The van der Waals surface area contributed by atoms with Gasteiger partial charge in [-0.05, 0) is 18.9 Å². The van der Waals surface area contributed by atoms with E-state index in [2.05, 4.69) is 41.4 Å². The fourth-order valence-corrected chi connectivity index (χ4v) is 2.32. The van der Waals surface area contributed by atoms with Gasteiger partial charge in [0.2, 0.25) is 5.91 Å². The normalized spacial score (nSPS) is 20.8. The van der Waals surface area contributed by atoms with Gasteiger partial charge in [-0.2, -0.15) is 0 Å².